The fraction of sp³-hybridized carbons (Fsp3) is 0. The normalized spacial score (nSPS) is 24.0. The second-order valence-electron chi connectivity index (χ2n) is 0.750. The summed E-state index contributed by atoms with van der Waals surface area (Å²) in [7, 11) is 8.33. The lowest BCUT2D eigenvalue weighted by molar-refractivity contribution is 3.75. The Kier molecular flexibility index (Phi) is 3.01. The van der Waals surface area contributed by atoms with Crippen LogP contribution in [-0.4, -0.2) is 51.3 Å². The molecule has 6 heavy (non-hydrogen) atoms. The van der Waals surface area contributed by atoms with Crippen molar-refractivity contribution in [2.75, 3.05) is 0 Å². The van der Waals surface area contributed by atoms with E-state index in [-0.39, 0.29) is 0 Å². The zero-order chi connectivity index (χ0) is 4.24. The van der Waals surface area contributed by atoms with Gasteiger partial charge in [-0.2, -0.15) is 0 Å². The Hall–Kier alpha value is 1.30. The lowest BCUT2D eigenvalue weighted by Gasteiger charge is -2.19. The van der Waals surface area contributed by atoms with Crippen LogP contribution in [0.4, 0.5) is 0 Å². The highest BCUT2D eigenvalue weighted by atomic mass is 30.1. The van der Waals surface area contributed by atoms with Crippen LogP contribution < -0.4 is 0 Å². The Morgan fingerprint density at radius 2 is 1.50 bits per heavy atom. The molecule has 6 heteroatoms. The van der Waals surface area contributed by atoms with E-state index >= 15 is 0 Å². The van der Waals surface area contributed by atoms with Gasteiger partial charge in [-0.05, 0) is 25.7 Å². The first-order valence-corrected chi connectivity index (χ1v) is 13.5. The van der Waals surface area contributed by atoms with Crippen LogP contribution in [0.1, 0.15) is 0 Å². The summed E-state index contributed by atoms with van der Waals surface area (Å²) in [6.07, 6.45) is 0. The van der Waals surface area contributed by atoms with E-state index in [4.69, 9.17) is 0 Å². The van der Waals surface area contributed by atoms with E-state index in [0.717, 1.165) is 0 Å². The molecule has 0 atom stereocenters. The van der Waals surface area contributed by atoms with Gasteiger partial charge in [-0.1, -0.05) is 0 Å². The fourth-order valence-electron chi connectivity index (χ4n) is 0.188. The minimum atomic E-state index is 1.39. The van der Waals surface area contributed by atoms with Gasteiger partial charge in [0, 0.05) is 0 Å². The molecule has 0 unspecified atom stereocenters. The Balaban J connectivity index is 2.00. The second-order valence-corrected chi connectivity index (χ2v) is 20.2. The number of rotatable bonds is 0. The molecule has 1 aliphatic rings. The first kappa shape index (κ1) is 5.44. The first-order valence-electron chi connectivity index (χ1n) is 1.50. The molecule has 1 heterocycles. The maximum absolute atomic E-state index is 1.39. The van der Waals surface area contributed by atoms with Gasteiger partial charge in [-0.3, -0.25) is 0 Å². The third-order valence-corrected chi connectivity index (χ3v) is 30.4. The highest BCUT2D eigenvalue weighted by molar-refractivity contribution is 7.76. The van der Waals surface area contributed by atoms with Gasteiger partial charge in [0.2, 0.25) is 0 Å². The molecular weight excluding hydrogens is 169 g/mol. The summed E-state index contributed by atoms with van der Waals surface area (Å²) in [5.74, 6) is 0. The Bertz CT molecular complexity index is 15.5. The first-order chi connectivity index (χ1) is 3.00. The SMILES string of the molecule is [Si]1[Si][Si][Si-][Si][Si]1. The van der Waals surface area contributed by atoms with E-state index in [9.17, 15) is 0 Å². The summed E-state index contributed by atoms with van der Waals surface area (Å²) < 4.78 is 0. The topological polar surface area (TPSA) is 0 Å². The van der Waals surface area contributed by atoms with Gasteiger partial charge in [0.1, 0.15) is 0 Å². The molecule has 1 fully saturated rings. The van der Waals surface area contributed by atoms with Crippen LogP contribution in [0.15, 0.2) is 0 Å². The zero-order valence-electron chi connectivity index (χ0n) is 3.00. The Morgan fingerprint density at radius 3 is 1.67 bits per heavy atom. The summed E-state index contributed by atoms with van der Waals surface area (Å²) >= 11 is 0. The highest BCUT2D eigenvalue weighted by Crippen LogP contribution is 1.62. The minimum absolute atomic E-state index is 1.39. The lowest BCUT2D eigenvalue weighted by Crippen LogP contribution is -2.38. The van der Waals surface area contributed by atoms with Crippen molar-refractivity contribution in [1.29, 1.82) is 0 Å². The van der Waals surface area contributed by atoms with Crippen LogP contribution in [0.2, 0.25) is 0 Å². The maximum Gasteiger partial charge on any atom is -0.00608 e. The molecule has 0 amide bonds. The molecular formula is Si6-. The highest BCUT2D eigenvalue weighted by Gasteiger charge is 1.86. The molecule has 0 nitrogen and oxygen atoms in total. The van der Waals surface area contributed by atoms with Gasteiger partial charge >= 0.3 is 0 Å². The molecule has 1 aliphatic heterocycles. The number of hydrogen-bond donors (Lipinski definition) is 0. The monoisotopic (exact) mass is 168 g/mol. The summed E-state index contributed by atoms with van der Waals surface area (Å²) in [4.78, 5) is 0. The van der Waals surface area contributed by atoms with E-state index in [1.165, 1.54) is 51.3 Å². The predicted octanol–water partition coefficient (Wildman–Crippen LogP) is -2.28. The average molecular weight is 169 g/mol. The fourth-order valence-corrected chi connectivity index (χ4v) is 45.6. The quantitative estimate of drug-likeness (QED) is 0.358. The van der Waals surface area contributed by atoms with Crippen molar-refractivity contribution in [3.63, 3.8) is 0 Å². The third kappa shape index (κ3) is 1.84. The molecule has 0 N–H and O–H groups in total. The van der Waals surface area contributed by atoms with Crippen LogP contribution in [0.3, 0.4) is 0 Å². The molecule has 1 rings (SSSR count). The molecule has 0 aromatic heterocycles. The van der Waals surface area contributed by atoms with Crippen LogP contribution in [-0.2, 0) is 0 Å². The van der Waals surface area contributed by atoms with Gasteiger partial charge in [0.15, 0.2) is 0 Å². The van der Waals surface area contributed by atoms with Gasteiger partial charge in [-0.15, -0.1) is 0 Å². The second kappa shape index (κ2) is 3.32. The molecule has 25 valence electrons. The third-order valence-electron chi connectivity index (χ3n) is 0.375. The van der Waals surface area contributed by atoms with Crippen molar-refractivity contribution in [2.45, 2.75) is 0 Å². The van der Waals surface area contributed by atoms with Crippen molar-refractivity contribution >= 4 is 51.3 Å². The minimum Gasteiger partial charge on any atom is -0.456 e. The Morgan fingerprint density at radius 1 is 0.833 bits per heavy atom. The molecule has 1 saturated heterocycles. The van der Waals surface area contributed by atoms with Crippen molar-refractivity contribution < 1.29 is 0 Å². The van der Waals surface area contributed by atoms with Gasteiger partial charge < -0.3 is 8.55 Å². The zero-order valence-corrected chi connectivity index (χ0v) is 9.00. The van der Waals surface area contributed by atoms with E-state index < -0.39 is 0 Å². The maximum atomic E-state index is 1.39. The van der Waals surface area contributed by atoms with Gasteiger partial charge in [0.05, 0.1) is 0 Å². The van der Waals surface area contributed by atoms with Crippen LogP contribution in [0.5, 0.6) is 0 Å². The standard InChI is InChI=1S/Si6/c1-2-4-6-5-3-1/q-1. The molecule has 11 radical (unpaired) electrons. The average Bonchev–Trinajstić information content (AvgIpc) is 1.72. The van der Waals surface area contributed by atoms with Crippen molar-refractivity contribution in [3.8, 4) is 0 Å². The van der Waals surface area contributed by atoms with E-state index in [1.54, 1.807) is 0 Å². The molecule has 0 spiro atoms. The predicted molar refractivity (Wildman–Crippen MR) is 34.5 cm³/mol. The van der Waals surface area contributed by atoms with Gasteiger partial charge in [0.25, 0.3) is 0 Å². The summed E-state index contributed by atoms with van der Waals surface area (Å²) in [6.45, 7) is 0. The molecule has 0 aliphatic carbocycles. The van der Waals surface area contributed by atoms with Crippen LogP contribution >= 0.6 is 0 Å². The summed E-state index contributed by atoms with van der Waals surface area (Å²) in [5, 5.41) is 0. The summed E-state index contributed by atoms with van der Waals surface area (Å²) in [6, 6.07) is 0. The van der Waals surface area contributed by atoms with E-state index in [0.29, 0.717) is 0 Å². The molecule has 0 saturated carbocycles. The smallest absolute Gasteiger partial charge is 0.00608 e. The van der Waals surface area contributed by atoms with E-state index in [2.05, 4.69) is 0 Å². The number of hydrogen-bond acceptors (Lipinski definition) is 0. The van der Waals surface area contributed by atoms with E-state index in [1.807, 2.05) is 0 Å². The largest absolute Gasteiger partial charge is 0.456 e. The summed E-state index contributed by atoms with van der Waals surface area (Å²) in [5.41, 5.74) is 0. The molecule has 0 aromatic rings. The lowest BCUT2D eigenvalue weighted by atomic mass is 26.1. The van der Waals surface area contributed by atoms with Crippen LogP contribution in [0, 0.1) is 0 Å². The molecule has 0 aromatic carbocycles. The van der Waals surface area contributed by atoms with Crippen molar-refractivity contribution in [3.05, 3.63) is 0 Å². The van der Waals surface area contributed by atoms with Crippen molar-refractivity contribution in [1.82, 2.24) is 0 Å². The Labute approximate surface area is 51.5 Å². The van der Waals surface area contributed by atoms with Crippen LogP contribution in [0.25, 0.3) is 0 Å². The molecule has 0 bridgehead atoms. The van der Waals surface area contributed by atoms with Gasteiger partial charge in [-0.25, -0.2) is 17.1 Å². The van der Waals surface area contributed by atoms with Crippen molar-refractivity contribution in [2.24, 2.45) is 0 Å².